The minimum absolute atomic E-state index is 0.170. The van der Waals surface area contributed by atoms with Crippen molar-refractivity contribution in [3.8, 4) is 0 Å². The summed E-state index contributed by atoms with van der Waals surface area (Å²) in [6.45, 7) is 1.93. The highest BCUT2D eigenvalue weighted by molar-refractivity contribution is 7.89. The monoisotopic (exact) mass is 311 g/mol. The Balaban J connectivity index is 2.34. The first-order valence-electron chi connectivity index (χ1n) is 6.13. The van der Waals surface area contributed by atoms with Crippen LogP contribution >= 0.6 is 11.3 Å². The molecule has 0 fully saturated rings. The maximum Gasteiger partial charge on any atom is 0.243 e. The van der Waals surface area contributed by atoms with Gasteiger partial charge in [-0.1, -0.05) is 12.1 Å². The molecule has 2 aromatic rings. The minimum atomic E-state index is -3.55. The van der Waals surface area contributed by atoms with E-state index in [0.29, 0.717) is 17.7 Å². The van der Waals surface area contributed by atoms with E-state index in [-0.39, 0.29) is 11.5 Å². The molecule has 1 heterocycles. The highest BCUT2D eigenvalue weighted by Gasteiger charge is 2.23. The van der Waals surface area contributed by atoms with Crippen molar-refractivity contribution in [2.24, 2.45) is 0 Å². The predicted octanol–water partition coefficient (Wildman–Crippen LogP) is 2.37. The molecule has 0 saturated carbocycles. The van der Waals surface area contributed by atoms with E-state index in [1.165, 1.54) is 10.4 Å². The smallest absolute Gasteiger partial charge is 0.243 e. The Bertz CT molecular complexity index is 678. The van der Waals surface area contributed by atoms with Gasteiger partial charge in [0.25, 0.3) is 0 Å². The van der Waals surface area contributed by atoms with Crippen molar-refractivity contribution in [2.75, 3.05) is 7.05 Å². The van der Waals surface area contributed by atoms with Crippen molar-refractivity contribution in [1.82, 2.24) is 4.31 Å². The van der Waals surface area contributed by atoms with E-state index in [1.807, 2.05) is 16.8 Å². The fraction of sp³-hybridized carbons (Fsp3) is 0.286. The molecule has 108 valence electrons. The number of aryl methyl sites for hydroxylation is 1. The van der Waals surface area contributed by atoms with Crippen LogP contribution in [0.25, 0.3) is 0 Å². The zero-order valence-electron chi connectivity index (χ0n) is 11.4. The maximum absolute atomic E-state index is 12.6. The maximum atomic E-state index is 12.6. The van der Waals surface area contributed by atoms with Gasteiger partial charge in [-0.05, 0) is 46.5 Å². The van der Waals surface area contributed by atoms with Gasteiger partial charge in [-0.3, -0.25) is 0 Å². The molecule has 1 aromatic carbocycles. The molecule has 1 aromatic heterocycles. The molecule has 0 aliphatic heterocycles. The van der Waals surface area contributed by atoms with Gasteiger partial charge in [-0.2, -0.15) is 15.6 Å². The highest BCUT2D eigenvalue weighted by Crippen LogP contribution is 2.22. The van der Waals surface area contributed by atoms with Gasteiger partial charge in [0.2, 0.25) is 10.0 Å². The van der Waals surface area contributed by atoms with Gasteiger partial charge in [0.15, 0.2) is 0 Å². The summed E-state index contributed by atoms with van der Waals surface area (Å²) in [5.74, 6) is 0. The second kappa shape index (κ2) is 6.05. The Kier molecular flexibility index (Phi) is 4.59. The van der Waals surface area contributed by atoms with E-state index in [0.717, 1.165) is 5.56 Å². The molecule has 0 saturated heterocycles. The highest BCUT2D eigenvalue weighted by atomic mass is 32.2. The van der Waals surface area contributed by atoms with E-state index in [1.54, 1.807) is 37.4 Å². The molecule has 0 radical (unpaired) electrons. The zero-order valence-corrected chi connectivity index (χ0v) is 13.0. The standard InChI is InChI=1S/C14H17NO3S2/c1-11-3-4-12(9-16)7-14(11)20(17,18)15(2)8-13-5-6-19-10-13/h3-7,10,16H,8-9H2,1-2H3. The number of sulfonamides is 1. The van der Waals surface area contributed by atoms with Gasteiger partial charge in [0.05, 0.1) is 11.5 Å². The van der Waals surface area contributed by atoms with Crippen molar-refractivity contribution in [3.63, 3.8) is 0 Å². The summed E-state index contributed by atoms with van der Waals surface area (Å²) in [4.78, 5) is 0.252. The third-order valence-electron chi connectivity index (χ3n) is 3.11. The summed E-state index contributed by atoms with van der Waals surface area (Å²) < 4.78 is 26.5. The van der Waals surface area contributed by atoms with Crippen LogP contribution in [0.5, 0.6) is 0 Å². The lowest BCUT2D eigenvalue weighted by Gasteiger charge is -2.18. The summed E-state index contributed by atoms with van der Waals surface area (Å²) >= 11 is 1.54. The molecule has 20 heavy (non-hydrogen) atoms. The minimum Gasteiger partial charge on any atom is -0.392 e. The number of rotatable bonds is 5. The molecular weight excluding hydrogens is 294 g/mol. The van der Waals surface area contributed by atoms with E-state index in [2.05, 4.69) is 0 Å². The van der Waals surface area contributed by atoms with Crippen LogP contribution in [-0.2, 0) is 23.2 Å². The van der Waals surface area contributed by atoms with E-state index < -0.39 is 10.0 Å². The normalized spacial score (nSPS) is 12.0. The van der Waals surface area contributed by atoms with E-state index in [4.69, 9.17) is 5.11 Å². The van der Waals surface area contributed by atoms with Crippen molar-refractivity contribution >= 4 is 21.4 Å². The second-order valence-electron chi connectivity index (χ2n) is 4.65. The summed E-state index contributed by atoms with van der Waals surface area (Å²) in [6.07, 6.45) is 0. The molecule has 0 spiro atoms. The number of benzene rings is 1. The van der Waals surface area contributed by atoms with E-state index in [9.17, 15) is 8.42 Å². The van der Waals surface area contributed by atoms with Crippen molar-refractivity contribution in [1.29, 1.82) is 0 Å². The topological polar surface area (TPSA) is 57.6 Å². The van der Waals surface area contributed by atoms with Gasteiger partial charge in [0.1, 0.15) is 0 Å². The Morgan fingerprint density at radius 3 is 2.60 bits per heavy atom. The van der Waals surface area contributed by atoms with Crippen LogP contribution < -0.4 is 0 Å². The molecule has 2 rings (SSSR count). The third-order valence-corrected chi connectivity index (χ3v) is 5.79. The number of aliphatic hydroxyl groups excluding tert-OH is 1. The second-order valence-corrected chi connectivity index (χ2v) is 7.44. The van der Waals surface area contributed by atoms with Crippen molar-refractivity contribution < 1.29 is 13.5 Å². The largest absolute Gasteiger partial charge is 0.392 e. The average molecular weight is 311 g/mol. The van der Waals surface area contributed by atoms with E-state index >= 15 is 0 Å². The lowest BCUT2D eigenvalue weighted by Crippen LogP contribution is -2.27. The van der Waals surface area contributed by atoms with Gasteiger partial charge < -0.3 is 5.11 Å². The molecule has 0 atom stereocenters. The summed E-state index contributed by atoms with van der Waals surface area (Å²) in [6, 6.07) is 6.90. The van der Waals surface area contributed by atoms with Crippen LogP contribution in [-0.4, -0.2) is 24.9 Å². The first-order valence-corrected chi connectivity index (χ1v) is 8.51. The lowest BCUT2D eigenvalue weighted by atomic mass is 10.2. The van der Waals surface area contributed by atoms with Gasteiger partial charge >= 0.3 is 0 Å². The quantitative estimate of drug-likeness (QED) is 0.922. The molecule has 4 nitrogen and oxygen atoms in total. The van der Waals surface area contributed by atoms with Crippen LogP contribution in [0, 0.1) is 6.92 Å². The average Bonchev–Trinajstić information content (AvgIpc) is 2.92. The van der Waals surface area contributed by atoms with Crippen LogP contribution in [0.4, 0.5) is 0 Å². The molecule has 0 unspecified atom stereocenters. The van der Waals surface area contributed by atoms with Gasteiger partial charge in [-0.15, -0.1) is 0 Å². The molecule has 1 N–H and O–H groups in total. The fourth-order valence-electron chi connectivity index (χ4n) is 1.91. The summed E-state index contributed by atoms with van der Waals surface area (Å²) in [7, 11) is -1.98. The van der Waals surface area contributed by atoms with Crippen molar-refractivity contribution in [2.45, 2.75) is 25.0 Å². The Morgan fingerprint density at radius 1 is 1.25 bits per heavy atom. The first-order chi connectivity index (χ1) is 9.45. The molecule has 6 heteroatoms. The molecular formula is C14H17NO3S2. The number of thiophene rings is 1. The van der Waals surface area contributed by atoms with Crippen LogP contribution in [0.15, 0.2) is 39.9 Å². The molecule has 0 amide bonds. The number of hydrogen-bond donors (Lipinski definition) is 1. The SMILES string of the molecule is Cc1ccc(CO)cc1S(=O)(=O)N(C)Cc1ccsc1. The molecule has 0 aliphatic carbocycles. The zero-order chi connectivity index (χ0) is 14.8. The third kappa shape index (κ3) is 3.09. The number of aliphatic hydroxyl groups is 1. The first kappa shape index (κ1) is 15.2. The van der Waals surface area contributed by atoms with Crippen LogP contribution in [0.1, 0.15) is 16.7 Å². The number of nitrogens with zero attached hydrogens (tertiary/aromatic N) is 1. The molecule has 0 bridgehead atoms. The number of hydrogen-bond acceptors (Lipinski definition) is 4. The fourth-order valence-corrected chi connectivity index (χ4v) is 4.00. The molecule has 0 aliphatic rings. The van der Waals surface area contributed by atoms with Crippen LogP contribution in [0.2, 0.25) is 0 Å². The summed E-state index contributed by atoms with van der Waals surface area (Å²) in [5, 5.41) is 13.0. The van der Waals surface area contributed by atoms with Gasteiger partial charge in [-0.25, -0.2) is 8.42 Å². The van der Waals surface area contributed by atoms with Gasteiger partial charge in [0, 0.05) is 13.6 Å². The Hall–Kier alpha value is -1.21. The Morgan fingerprint density at radius 2 is 2.00 bits per heavy atom. The summed E-state index contributed by atoms with van der Waals surface area (Å²) in [5.41, 5.74) is 2.24. The Labute approximate surface area is 123 Å². The van der Waals surface area contributed by atoms with Crippen molar-refractivity contribution in [3.05, 3.63) is 51.7 Å². The predicted molar refractivity (Wildman–Crippen MR) is 80.1 cm³/mol. The van der Waals surface area contributed by atoms with Crippen LogP contribution in [0.3, 0.4) is 0 Å². The lowest BCUT2D eigenvalue weighted by molar-refractivity contribution is 0.281.